The third kappa shape index (κ3) is 6.09. The average molecular weight is 553 g/mol. The number of carbonyl (C=O) groups is 1. The van der Waals surface area contributed by atoms with Crippen molar-refractivity contribution in [2.24, 2.45) is 0 Å². The monoisotopic (exact) mass is 552 g/mol. The predicted octanol–water partition coefficient (Wildman–Crippen LogP) is 5.52. The van der Waals surface area contributed by atoms with E-state index in [-0.39, 0.29) is 11.7 Å². The van der Waals surface area contributed by atoms with E-state index in [1.807, 2.05) is 116 Å². The summed E-state index contributed by atoms with van der Waals surface area (Å²) in [5.74, 6) is -0.258. The standard InChI is InChI=1S/C32H32N4O3S/c1-35(2)21-22-36(40(38,39)23-24-11-5-3-6-12-24)27-19-17-26(18-20-27)33-31(25-13-7-4-8-14-25)30-28-15-9-10-16-29(28)34-32(30)37/h3-20,33H,21-23H2,1-2H3,(H,34,37)/b31-30-. The number of hydrogen-bond acceptors (Lipinski definition) is 5. The van der Waals surface area contributed by atoms with E-state index in [9.17, 15) is 13.2 Å². The minimum atomic E-state index is -3.63. The molecule has 0 radical (unpaired) electrons. The largest absolute Gasteiger partial charge is 0.354 e. The van der Waals surface area contributed by atoms with Crippen LogP contribution >= 0.6 is 0 Å². The number of likely N-dealkylation sites (N-methyl/N-ethyl adjacent to an activating group) is 1. The predicted molar refractivity (Wildman–Crippen MR) is 163 cm³/mol. The Balaban J connectivity index is 1.48. The first kappa shape index (κ1) is 27.2. The van der Waals surface area contributed by atoms with Crippen molar-refractivity contribution < 1.29 is 13.2 Å². The van der Waals surface area contributed by atoms with Gasteiger partial charge in [0.15, 0.2) is 0 Å². The van der Waals surface area contributed by atoms with Crippen molar-refractivity contribution in [2.75, 3.05) is 42.1 Å². The SMILES string of the molecule is CN(C)CCN(c1ccc(N/C(=C2\C(=O)Nc3ccccc32)c2ccccc2)cc1)S(=O)(=O)Cc1ccccc1. The Bertz CT molecular complexity index is 1620. The molecule has 0 fully saturated rings. The highest BCUT2D eigenvalue weighted by atomic mass is 32.2. The molecule has 0 bridgehead atoms. The summed E-state index contributed by atoms with van der Waals surface area (Å²) in [6.45, 7) is 0.901. The topological polar surface area (TPSA) is 81.8 Å². The second kappa shape index (κ2) is 11.8. The van der Waals surface area contributed by atoms with Gasteiger partial charge < -0.3 is 15.5 Å². The van der Waals surface area contributed by atoms with Crippen molar-refractivity contribution in [3.8, 4) is 0 Å². The number of hydrogen-bond donors (Lipinski definition) is 2. The van der Waals surface area contributed by atoms with Crippen molar-refractivity contribution >= 4 is 44.3 Å². The van der Waals surface area contributed by atoms with Gasteiger partial charge in [-0.05, 0) is 55.6 Å². The number of anilines is 3. The molecule has 7 nitrogen and oxygen atoms in total. The lowest BCUT2D eigenvalue weighted by molar-refractivity contribution is -0.110. The Morgan fingerprint density at radius 3 is 2.08 bits per heavy atom. The summed E-state index contributed by atoms with van der Waals surface area (Å²) >= 11 is 0. The minimum Gasteiger partial charge on any atom is -0.354 e. The molecule has 1 aliphatic rings. The van der Waals surface area contributed by atoms with Gasteiger partial charge in [-0.3, -0.25) is 9.10 Å². The fourth-order valence-electron chi connectivity index (χ4n) is 4.69. The molecule has 0 spiro atoms. The Labute approximate surface area is 235 Å². The van der Waals surface area contributed by atoms with Crippen LogP contribution < -0.4 is 14.9 Å². The maximum Gasteiger partial charge on any atom is 0.258 e. The van der Waals surface area contributed by atoms with E-state index in [1.165, 1.54) is 4.31 Å². The Morgan fingerprint density at radius 1 is 0.775 bits per heavy atom. The van der Waals surface area contributed by atoms with Crippen molar-refractivity contribution in [2.45, 2.75) is 5.75 Å². The van der Waals surface area contributed by atoms with Crippen LogP contribution in [0.3, 0.4) is 0 Å². The molecule has 8 heteroatoms. The zero-order valence-corrected chi connectivity index (χ0v) is 23.4. The molecule has 1 amide bonds. The van der Waals surface area contributed by atoms with Crippen LogP contribution in [0.5, 0.6) is 0 Å². The number of sulfonamides is 1. The van der Waals surface area contributed by atoms with E-state index in [2.05, 4.69) is 10.6 Å². The molecule has 4 aromatic carbocycles. The molecule has 1 aliphatic heterocycles. The summed E-state index contributed by atoms with van der Waals surface area (Å²) in [4.78, 5) is 15.0. The molecule has 0 aromatic heterocycles. The van der Waals surface area contributed by atoms with Crippen LogP contribution in [0, 0.1) is 0 Å². The van der Waals surface area contributed by atoms with E-state index in [1.54, 1.807) is 12.1 Å². The van der Waals surface area contributed by atoms with E-state index >= 15 is 0 Å². The summed E-state index contributed by atoms with van der Waals surface area (Å²) in [7, 11) is 0.210. The van der Waals surface area contributed by atoms with Gasteiger partial charge in [-0.15, -0.1) is 0 Å². The quantitative estimate of drug-likeness (QED) is 0.253. The molecule has 1 heterocycles. The lowest BCUT2D eigenvalue weighted by atomic mass is 10.00. The highest BCUT2D eigenvalue weighted by molar-refractivity contribution is 7.92. The van der Waals surface area contributed by atoms with Crippen molar-refractivity contribution in [3.05, 3.63) is 126 Å². The Kier molecular flexibility index (Phi) is 8.00. The van der Waals surface area contributed by atoms with Gasteiger partial charge >= 0.3 is 0 Å². The second-order valence-corrected chi connectivity index (χ2v) is 11.8. The van der Waals surface area contributed by atoms with Crippen LogP contribution in [0.2, 0.25) is 0 Å². The molecule has 0 aliphatic carbocycles. The zero-order chi connectivity index (χ0) is 28.1. The molecule has 4 aromatic rings. The van der Waals surface area contributed by atoms with Gasteiger partial charge in [0.25, 0.3) is 5.91 Å². The molecule has 5 rings (SSSR count). The lowest BCUT2D eigenvalue weighted by Gasteiger charge is -2.26. The van der Waals surface area contributed by atoms with Gasteiger partial charge in [0.2, 0.25) is 10.0 Å². The molecule has 0 unspecified atom stereocenters. The first-order valence-electron chi connectivity index (χ1n) is 13.1. The third-order valence-corrected chi connectivity index (χ3v) is 8.45. The molecule has 40 heavy (non-hydrogen) atoms. The first-order valence-corrected chi connectivity index (χ1v) is 14.7. The number of rotatable bonds is 10. The number of benzene rings is 4. The first-order chi connectivity index (χ1) is 19.3. The summed E-state index contributed by atoms with van der Waals surface area (Å²) in [6, 6.07) is 33.8. The summed E-state index contributed by atoms with van der Waals surface area (Å²) in [5, 5.41) is 6.40. The number of para-hydroxylation sites is 1. The Morgan fingerprint density at radius 2 is 1.40 bits per heavy atom. The molecule has 0 saturated heterocycles. The van der Waals surface area contributed by atoms with E-state index in [0.717, 1.165) is 28.1 Å². The molecular formula is C32H32N4O3S. The number of amides is 1. The van der Waals surface area contributed by atoms with Crippen LogP contribution in [-0.4, -0.2) is 46.4 Å². The highest BCUT2D eigenvalue weighted by Crippen LogP contribution is 2.37. The fourth-order valence-corrected chi connectivity index (χ4v) is 6.26. The summed E-state index contributed by atoms with van der Waals surface area (Å²) < 4.78 is 28.5. The molecule has 0 saturated carbocycles. The molecule has 204 valence electrons. The molecule has 2 N–H and O–H groups in total. The van der Waals surface area contributed by atoms with Crippen LogP contribution in [0.1, 0.15) is 16.7 Å². The van der Waals surface area contributed by atoms with E-state index in [4.69, 9.17) is 0 Å². The van der Waals surface area contributed by atoms with Crippen molar-refractivity contribution in [1.82, 2.24) is 4.90 Å². The van der Waals surface area contributed by atoms with E-state index < -0.39 is 10.0 Å². The lowest BCUT2D eigenvalue weighted by Crippen LogP contribution is -2.37. The molecule has 0 atom stereocenters. The van der Waals surface area contributed by atoms with Gasteiger partial charge in [0.05, 0.1) is 22.7 Å². The number of nitrogens with one attached hydrogen (secondary N) is 2. The maximum atomic E-state index is 13.5. The van der Waals surface area contributed by atoms with Crippen LogP contribution in [0.4, 0.5) is 17.1 Å². The second-order valence-electron chi connectivity index (χ2n) is 9.90. The normalized spacial score (nSPS) is 14.0. The van der Waals surface area contributed by atoms with Gasteiger partial charge in [0.1, 0.15) is 0 Å². The summed E-state index contributed by atoms with van der Waals surface area (Å²) in [6.07, 6.45) is 0. The van der Waals surface area contributed by atoms with Crippen LogP contribution in [0.15, 0.2) is 109 Å². The van der Waals surface area contributed by atoms with Crippen molar-refractivity contribution in [1.29, 1.82) is 0 Å². The number of nitrogens with zero attached hydrogens (tertiary/aromatic N) is 2. The molecular weight excluding hydrogens is 520 g/mol. The maximum absolute atomic E-state index is 13.5. The third-order valence-electron chi connectivity index (χ3n) is 6.69. The average Bonchev–Trinajstić information content (AvgIpc) is 3.28. The Hall–Kier alpha value is -4.40. The smallest absolute Gasteiger partial charge is 0.258 e. The van der Waals surface area contributed by atoms with Crippen molar-refractivity contribution in [3.63, 3.8) is 0 Å². The highest BCUT2D eigenvalue weighted by Gasteiger charge is 2.28. The van der Waals surface area contributed by atoms with Gasteiger partial charge in [0, 0.05) is 30.0 Å². The van der Waals surface area contributed by atoms with Crippen LogP contribution in [-0.2, 0) is 20.6 Å². The minimum absolute atomic E-state index is 0.0833. The van der Waals surface area contributed by atoms with Gasteiger partial charge in [-0.2, -0.15) is 0 Å². The van der Waals surface area contributed by atoms with Gasteiger partial charge in [-0.25, -0.2) is 8.42 Å². The zero-order valence-electron chi connectivity index (χ0n) is 22.5. The van der Waals surface area contributed by atoms with Crippen LogP contribution in [0.25, 0.3) is 11.3 Å². The number of carbonyl (C=O) groups excluding carboxylic acids is 1. The van der Waals surface area contributed by atoms with E-state index in [0.29, 0.717) is 30.0 Å². The number of fused-ring (bicyclic) bond motifs is 1. The van der Waals surface area contributed by atoms with Gasteiger partial charge in [-0.1, -0.05) is 78.9 Å². The fraction of sp³-hybridized carbons (Fsp3) is 0.156. The summed E-state index contributed by atoms with van der Waals surface area (Å²) in [5.41, 5.74) is 5.77.